The van der Waals surface area contributed by atoms with E-state index < -0.39 is 10.8 Å². The van der Waals surface area contributed by atoms with Crippen molar-refractivity contribution < 1.29 is 13.7 Å². The van der Waals surface area contributed by atoms with Gasteiger partial charge in [0.15, 0.2) is 0 Å². The first-order chi connectivity index (χ1) is 8.67. The smallest absolute Gasteiger partial charge is 0.232 e. The molecule has 3 atom stereocenters. The zero-order valence-electron chi connectivity index (χ0n) is 11.2. The van der Waals surface area contributed by atoms with Gasteiger partial charge < -0.3 is 15.4 Å². The number of rotatable bonds is 8. The van der Waals surface area contributed by atoms with Crippen LogP contribution in [0, 0.1) is 5.92 Å². The Morgan fingerprint density at radius 2 is 2.22 bits per heavy atom. The second-order valence-corrected chi connectivity index (χ2v) is 5.99. The minimum absolute atomic E-state index is 0.101. The van der Waals surface area contributed by atoms with Gasteiger partial charge in [-0.2, -0.15) is 0 Å². The molecular weight excluding hydrogens is 252 g/mol. The van der Waals surface area contributed by atoms with Crippen molar-refractivity contribution in [2.24, 2.45) is 5.92 Å². The Morgan fingerprint density at radius 1 is 1.44 bits per heavy atom. The summed E-state index contributed by atoms with van der Waals surface area (Å²) in [6, 6.07) is 0.188. The van der Waals surface area contributed by atoms with Gasteiger partial charge in [-0.15, -0.1) is 0 Å². The van der Waals surface area contributed by atoms with Gasteiger partial charge in [0.25, 0.3) is 0 Å². The minimum Gasteiger partial charge on any atom is -0.381 e. The normalized spacial score (nSPS) is 22.7. The van der Waals surface area contributed by atoms with E-state index >= 15 is 0 Å². The molecule has 0 bridgehead atoms. The molecule has 1 saturated heterocycles. The molecule has 1 aliphatic heterocycles. The predicted octanol–water partition coefficient (Wildman–Crippen LogP) is -0.114. The Morgan fingerprint density at radius 3 is 2.78 bits per heavy atom. The van der Waals surface area contributed by atoms with Crippen LogP contribution in [0.1, 0.15) is 20.3 Å². The fourth-order valence-corrected chi connectivity index (χ4v) is 3.45. The summed E-state index contributed by atoms with van der Waals surface area (Å²) < 4.78 is 17.3. The Kier molecular flexibility index (Phi) is 7.46. The molecule has 0 aromatic heterocycles. The van der Waals surface area contributed by atoms with Crippen molar-refractivity contribution in [3.63, 3.8) is 0 Å². The lowest BCUT2D eigenvalue weighted by molar-refractivity contribution is -0.118. The van der Waals surface area contributed by atoms with E-state index in [1.165, 1.54) is 0 Å². The third kappa shape index (κ3) is 5.46. The molecule has 0 radical (unpaired) electrons. The third-order valence-corrected chi connectivity index (χ3v) is 4.35. The van der Waals surface area contributed by atoms with Crippen LogP contribution in [0.4, 0.5) is 0 Å². The van der Waals surface area contributed by atoms with Gasteiger partial charge in [0.2, 0.25) is 5.91 Å². The quantitative estimate of drug-likeness (QED) is 0.649. The van der Waals surface area contributed by atoms with Gasteiger partial charge in [-0.3, -0.25) is 9.00 Å². The van der Waals surface area contributed by atoms with E-state index in [0.29, 0.717) is 18.2 Å². The van der Waals surface area contributed by atoms with Crippen LogP contribution in [0.25, 0.3) is 0 Å². The first-order valence-corrected chi connectivity index (χ1v) is 8.09. The molecule has 0 aromatic rings. The molecule has 0 aromatic carbocycles. The molecule has 1 aliphatic rings. The topological polar surface area (TPSA) is 67.4 Å². The Bertz CT molecular complexity index is 280. The molecule has 1 amide bonds. The van der Waals surface area contributed by atoms with Crippen molar-refractivity contribution in [1.29, 1.82) is 0 Å². The van der Waals surface area contributed by atoms with Crippen LogP contribution >= 0.6 is 0 Å². The third-order valence-electron chi connectivity index (χ3n) is 3.03. The SMILES string of the molecule is CCNC(=O)CS(=O)CC(NCC)C1CCOC1. The summed E-state index contributed by atoms with van der Waals surface area (Å²) >= 11 is 0. The van der Waals surface area contributed by atoms with Crippen LogP contribution in [0.15, 0.2) is 0 Å². The standard InChI is InChI=1S/C12H24N2O3S/c1-3-13-11(10-5-6-17-7-10)8-18(16)9-12(15)14-4-2/h10-11,13H,3-9H2,1-2H3,(H,14,15). The van der Waals surface area contributed by atoms with Crippen LogP contribution in [0.2, 0.25) is 0 Å². The number of amides is 1. The van der Waals surface area contributed by atoms with Crippen molar-refractivity contribution >= 4 is 16.7 Å². The molecule has 0 aliphatic carbocycles. The lowest BCUT2D eigenvalue weighted by Gasteiger charge is -2.22. The number of hydrogen-bond donors (Lipinski definition) is 2. The molecule has 5 nitrogen and oxygen atoms in total. The van der Waals surface area contributed by atoms with E-state index in [2.05, 4.69) is 10.6 Å². The second-order valence-electron chi connectivity index (χ2n) is 4.49. The summed E-state index contributed by atoms with van der Waals surface area (Å²) in [6.07, 6.45) is 1.01. The summed E-state index contributed by atoms with van der Waals surface area (Å²) in [6.45, 7) is 6.85. The number of hydrogen-bond acceptors (Lipinski definition) is 4. The monoisotopic (exact) mass is 276 g/mol. The lowest BCUT2D eigenvalue weighted by Crippen LogP contribution is -2.42. The summed E-state index contributed by atoms with van der Waals surface area (Å²) in [5.41, 5.74) is 0. The molecule has 1 heterocycles. The van der Waals surface area contributed by atoms with Gasteiger partial charge in [0, 0.05) is 41.7 Å². The molecule has 0 saturated carbocycles. The maximum absolute atomic E-state index is 11.9. The molecule has 6 heteroatoms. The number of nitrogens with one attached hydrogen (secondary N) is 2. The molecular formula is C12H24N2O3S. The van der Waals surface area contributed by atoms with E-state index in [4.69, 9.17) is 4.74 Å². The molecule has 1 fully saturated rings. The molecule has 3 unspecified atom stereocenters. The first kappa shape index (κ1) is 15.6. The predicted molar refractivity (Wildman–Crippen MR) is 73.0 cm³/mol. The Labute approximate surface area is 111 Å². The molecule has 106 valence electrons. The molecule has 0 spiro atoms. The molecule has 1 rings (SSSR count). The van der Waals surface area contributed by atoms with E-state index in [0.717, 1.165) is 26.2 Å². The fraction of sp³-hybridized carbons (Fsp3) is 0.917. The molecule has 2 N–H and O–H groups in total. The van der Waals surface area contributed by atoms with E-state index in [-0.39, 0.29) is 17.7 Å². The average Bonchev–Trinajstić information content (AvgIpc) is 2.81. The number of carbonyl (C=O) groups excluding carboxylic acids is 1. The van der Waals surface area contributed by atoms with Crippen molar-refractivity contribution in [3.05, 3.63) is 0 Å². The highest BCUT2D eigenvalue weighted by molar-refractivity contribution is 7.85. The number of carbonyl (C=O) groups is 1. The Balaban J connectivity index is 2.39. The zero-order valence-corrected chi connectivity index (χ0v) is 12.1. The first-order valence-electron chi connectivity index (χ1n) is 6.60. The van der Waals surface area contributed by atoms with Crippen molar-refractivity contribution in [3.8, 4) is 0 Å². The van der Waals surface area contributed by atoms with Crippen LogP contribution < -0.4 is 10.6 Å². The van der Waals surface area contributed by atoms with Crippen LogP contribution in [0.3, 0.4) is 0 Å². The number of ether oxygens (including phenoxy) is 1. The largest absolute Gasteiger partial charge is 0.381 e. The molecule has 18 heavy (non-hydrogen) atoms. The summed E-state index contributed by atoms with van der Waals surface area (Å²) in [5, 5.41) is 6.03. The van der Waals surface area contributed by atoms with E-state index in [1.54, 1.807) is 0 Å². The minimum atomic E-state index is -1.11. The average molecular weight is 276 g/mol. The lowest BCUT2D eigenvalue weighted by atomic mass is 10.0. The van der Waals surface area contributed by atoms with Gasteiger partial charge in [0.05, 0.1) is 6.61 Å². The maximum atomic E-state index is 11.9. The summed E-state index contributed by atoms with van der Waals surface area (Å²) in [7, 11) is -1.11. The maximum Gasteiger partial charge on any atom is 0.232 e. The van der Waals surface area contributed by atoms with Gasteiger partial charge >= 0.3 is 0 Å². The van der Waals surface area contributed by atoms with Crippen LogP contribution in [-0.4, -0.2) is 54.0 Å². The fourth-order valence-electron chi connectivity index (χ4n) is 2.15. The van der Waals surface area contributed by atoms with Gasteiger partial charge in [-0.05, 0) is 19.9 Å². The van der Waals surface area contributed by atoms with E-state index in [1.807, 2.05) is 13.8 Å². The highest BCUT2D eigenvalue weighted by atomic mass is 32.2. The summed E-state index contributed by atoms with van der Waals surface area (Å²) in [4.78, 5) is 11.4. The van der Waals surface area contributed by atoms with Crippen LogP contribution in [0.5, 0.6) is 0 Å². The van der Waals surface area contributed by atoms with Crippen LogP contribution in [-0.2, 0) is 20.3 Å². The highest BCUT2D eigenvalue weighted by Gasteiger charge is 2.26. The highest BCUT2D eigenvalue weighted by Crippen LogP contribution is 2.17. The van der Waals surface area contributed by atoms with Crippen molar-refractivity contribution in [2.75, 3.05) is 37.8 Å². The van der Waals surface area contributed by atoms with Gasteiger partial charge in [-0.1, -0.05) is 6.92 Å². The van der Waals surface area contributed by atoms with Crippen molar-refractivity contribution in [2.45, 2.75) is 26.3 Å². The zero-order chi connectivity index (χ0) is 13.4. The van der Waals surface area contributed by atoms with Crippen molar-refractivity contribution in [1.82, 2.24) is 10.6 Å². The van der Waals surface area contributed by atoms with E-state index in [9.17, 15) is 9.00 Å². The summed E-state index contributed by atoms with van der Waals surface area (Å²) in [5.74, 6) is 0.916. The van der Waals surface area contributed by atoms with Gasteiger partial charge in [-0.25, -0.2) is 0 Å². The van der Waals surface area contributed by atoms with Gasteiger partial charge in [0.1, 0.15) is 5.75 Å². The second kappa shape index (κ2) is 8.61. The Hall–Kier alpha value is -0.460.